The second-order valence-corrected chi connectivity index (χ2v) is 6.24. The zero-order valence-corrected chi connectivity index (χ0v) is 11.9. The highest BCUT2D eigenvalue weighted by Gasteiger charge is 2.24. The molecule has 0 aliphatic rings. The maximum atomic E-state index is 11.5. The normalized spacial score (nSPS) is 11.9. The summed E-state index contributed by atoms with van der Waals surface area (Å²) in [5, 5.41) is 7.20. The van der Waals surface area contributed by atoms with Gasteiger partial charge >= 0.3 is 0 Å². The van der Waals surface area contributed by atoms with E-state index in [1.807, 2.05) is 0 Å². The molecule has 0 aliphatic carbocycles. The first-order chi connectivity index (χ1) is 8.95. The molecule has 0 saturated heterocycles. The Morgan fingerprint density at radius 2 is 2.16 bits per heavy atom. The largest absolute Gasteiger partial charge is 0.383 e. The number of imidazole rings is 1. The minimum Gasteiger partial charge on any atom is -0.383 e. The maximum Gasteiger partial charge on any atom is 0.296 e. The van der Waals surface area contributed by atoms with E-state index in [4.69, 9.17) is 15.4 Å². The van der Waals surface area contributed by atoms with Gasteiger partial charge < -0.3 is 9.30 Å². The molecule has 0 unspecified atom stereocenters. The van der Waals surface area contributed by atoms with Crippen LogP contribution < -0.4 is 0 Å². The van der Waals surface area contributed by atoms with Crippen molar-refractivity contribution in [3.63, 3.8) is 0 Å². The fourth-order valence-electron chi connectivity index (χ4n) is 1.62. The van der Waals surface area contributed by atoms with Gasteiger partial charge in [0.2, 0.25) is 0 Å². The van der Waals surface area contributed by atoms with Crippen LogP contribution in [0.2, 0.25) is 0 Å². The summed E-state index contributed by atoms with van der Waals surface area (Å²) in [5.41, 5.74) is 0.634. The number of hydrogen-bond acceptors (Lipinski definition) is 6. The number of methoxy groups -OCH3 is 1. The number of ether oxygens (including phenoxy) is 1. The molecule has 2 aromatic rings. The van der Waals surface area contributed by atoms with Crippen molar-refractivity contribution < 1.29 is 13.2 Å². The summed E-state index contributed by atoms with van der Waals surface area (Å²) in [5.74, 6) is 0.372. The van der Waals surface area contributed by atoms with E-state index >= 15 is 0 Å². The Bertz CT molecular complexity index is 678. The third-order valence-corrected chi connectivity index (χ3v) is 3.65. The summed E-state index contributed by atoms with van der Waals surface area (Å²) in [6.07, 6.45) is 3.15. The van der Waals surface area contributed by atoms with Gasteiger partial charge in [0.05, 0.1) is 25.7 Å². The van der Waals surface area contributed by atoms with Crippen molar-refractivity contribution in [3.8, 4) is 11.5 Å². The van der Waals surface area contributed by atoms with Gasteiger partial charge in [-0.3, -0.25) is 4.57 Å². The van der Waals surface area contributed by atoms with E-state index in [-0.39, 0.29) is 11.7 Å². The van der Waals surface area contributed by atoms with Gasteiger partial charge in [0, 0.05) is 24.8 Å². The minimum absolute atomic E-state index is 0.269. The summed E-state index contributed by atoms with van der Waals surface area (Å²) in [6.45, 7) is 0.577. The summed E-state index contributed by atoms with van der Waals surface area (Å²) in [4.78, 5) is 3.96. The molecule has 2 aromatic heterocycles. The molecule has 0 saturated carbocycles. The topological polar surface area (TPSA) is 91.9 Å². The highest BCUT2D eigenvalue weighted by Crippen LogP contribution is 2.21. The molecule has 8 nitrogen and oxygen atoms in total. The van der Waals surface area contributed by atoms with Crippen molar-refractivity contribution in [2.24, 2.45) is 7.05 Å². The van der Waals surface area contributed by atoms with Crippen LogP contribution in [-0.2, 0) is 27.4 Å². The first-order valence-electron chi connectivity index (χ1n) is 5.28. The molecule has 0 aliphatic heterocycles. The zero-order valence-electron chi connectivity index (χ0n) is 10.3. The molecule has 0 fully saturated rings. The standard InChI is InChI=1S/C9H12ClN5O3S/c1-14-6-11-5-7(14)8-12-13-9(19(10,16)17)15(8)3-4-18-2/h5-6H,3-4H2,1-2H3. The Morgan fingerprint density at radius 3 is 2.68 bits per heavy atom. The molecular formula is C9H12ClN5O3S. The van der Waals surface area contributed by atoms with E-state index in [0.717, 1.165) is 0 Å². The predicted octanol–water partition coefficient (Wildman–Crippen LogP) is 0.253. The lowest BCUT2D eigenvalue weighted by molar-refractivity contribution is 0.185. The van der Waals surface area contributed by atoms with Crippen LogP contribution in [0.4, 0.5) is 0 Å². The third-order valence-electron chi connectivity index (χ3n) is 2.50. The van der Waals surface area contributed by atoms with E-state index in [1.54, 1.807) is 24.1 Å². The van der Waals surface area contributed by atoms with Gasteiger partial charge in [-0.1, -0.05) is 0 Å². The summed E-state index contributed by atoms with van der Waals surface area (Å²) in [7, 11) is 4.66. The maximum absolute atomic E-state index is 11.5. The van der Waals surface area contributed by atoms with Crippen molar-refractivity contribution in [2.45, 2.75) is 11.7 Å². The predicted molar refractivity (Wildman–Crippen MR) is 67.1 cm³/mol. The quantitative estimate of drug-likeness (QED) is 0.735. The number of nitrogens with zero attached hydrogens (tertiary/aromatic N) is 5. The number of rotatable bonds is 5. The lowest BCUT2D eigenvalue weighted by Gasteiger charge is -2.08. The van der Waals surface area contributed by atoms with Crippen LogP contribution in [-0.4, -0.2) is 46.5 Å². The third kappa shape index (κ3) is 2.77. The van der Waals surface area contributed by atoms with Crippen molar-refractivity contribution in [2.75, 3.05) is 13.7 Å². The fraction of sp³-hybridized carbons (Fsp3) is 0.444. The Labute approximate surface area is 114 Å². The SMILES string of the molecule is COCCn1c(-c2cncn2C)nnc1S(=O)(=O)Cl. The summed E-state index contributed by atoms with van der Waals surface area (Å²) < 4.78 is 31.0. The second-order valence-electron chi connectivity index (χ2n) is 3.78. The van der Waals surface area contributed by atoms with Crippen LogP contribution in [0.15, 0.2) is 17.7 Å². The molecule has 0 N–H and O–H groups in total. The summed E-state index contributed by atoms with van der Waals surface area (Å²) >= 11 is 0. The molecule has 10 heteroatoms. The molecule has 0 bridgehead atoms. The Balaban J connectivity index is 2.56. The van der Waals surface area contributed by atoms with E-state index < -0.39 is 9.05 Å². The Kier molecular flexibility index (Phi) is 3.88. The van der Waals surface area contributed by atoms with Gasteiger partial charge in [0.25, 0.3) is 14.2 Å². The molecule has 104 valence electrons. The number of halogens is 1. The molecule has 0 spiro atoms. The number of aromatic nitrogens is 5. The van der Waals surface area contributed by atoms with Crippen LogP contribution in [0.3, 0.4) is 0 Å². The van der Waals surface area contributed by atoms with Crippen molar-refractivity contribution >= 4 is 19.7 Å². The molecule has 0 radical (unpaired) electrons. The molecule has 2 heterocycles. The molecule has 19 heavy (non-hydrogen) atoms. The van der Waals surface area contributed by atoms with Crippen LogP contribution in [0, 0.1) is 0 Å². The lowest BCUT2D eigenvalue weighted by atomic mass is 10.4. The zero-order chi connectivity index (χ0) is 14.0. The van der Waals surface area contributed by atoms with Crippen LogP contribution in [0.5, 0.6) is 0 Å². The Hall–Kier alpha value is -1.45. The monoisotopic (exact) mass is 305 g/mol. The van der Waals surface area contributed by atoms with Crippen molar-refractivity contribution in [1.82, 2.24) is 24.3 Å². The molecule has 0 aromatic carbocycles. The summed E-state index contributed by atoms with van der Waals surface area (Å²) in [6, 6.07) is 0. The number of aryl methyl sites for hydroxylation is 1. The van der Waals surface area contributed by atoms with Gasteiger partial charge in [0.15, 0.2) is 5.82 Å². The Morgan fingerprint density at radius 1 is 1.42 bits per heavy atom. The number of hydrogen-bond donors (Lipinski definition) is 0. The van der Waals surface area contributed by atoms with Gasteiger partial charge in [-0.05, 0) is 0 Å². The molecular weight excluding hydrogens is 294 g/mol. The van der Waals surface area contributed by atoms with Crippen LogP contribution >= 0.6 is 10.7 Å². The first kappa shape index (κ1) is 14.0. The van der Waals surface area contributed by atoms with Crippen LogP contribution in [0.1, 0.15) is 0 Å². The molecule has 0 atom stereocenters. The molecule has 2 rings (SSSR count). The van der Waals surface area contributed by atoms with E-state index in [9.17, 15) is 8.42 Å². The average Bonchev–Trinajstić information content (AvgIpc) is 2.90. The van der Waals surface area contributed by atoms with Crippen molar-refractivity contribution in [3.05, 3.63) is 12.5 Å². The fourth-order valence-corrected chi connectivity index (χ4v) is 2.54. The minimum atomic E-state index is -3.97. The van der Waals surface area contributed by atoms with Crippen LogP contribution in [0.25, 0.3) is 11.5 Å². The average molecular weight is 306 g/mol. The highest BCUT2D eigenvalue weighted by atomic mass is 35.7. The van der Waals surface area contributed by atoms with Crippen molar-refractivity contribution in [1.29, 1.82) is 0 Å². The van der Waals surface area contributed by atoms with Gasteiger partial charge in [-0.15, -0.1) is 10.2 Å². The van der Waals surface area contributed by atoms with E-state index in [2.05, 4.69) is 15.2 Å². The smallest absolute Gasteiger partial charge is 0.296 e. The highest BCUT2D eigenvalue weighted by molar-refractivity contribution is 8.13. The van der Waals surface area contributed by atoms with E-state index in [0.29, 0.717) is 18.1 Å². The molecule has 0 amide bonds. The lowest BCUT2D eigenvalue weighted by Crippen LogP contribution is -2.12. The van der Waals surface area contributed by atoms with Gasteiger partial charge in [-0.2, -0.15) is 0 Å². The van der Waals surface area contributed by atoms with Gasteiger partial charge in [0.1, 0.15) is 5.69 Å². The second kappa shape index (κ2) is 5.27. The van der Waals surface area contributed by atoms with E-state index in [1.165, 1.54) is 11.7 Å². The van der Waals surface area contributed by atoms with Gasteiger partial charge in [-0.25, -0.2) is 13.4 Å². The first-order valence-corrected chi connectivity index (χ1v) is 7.59.